The molecule has 0 spiro atoms. The molecule has 4 heteroatoms. The van der Waals surface area contributed by atoms with Gasteiger partial charge in [0.15, 0.2) is 11.5 Å². The molecule has 0 amide bonds. The highest BCUT2D eigenvalue weighted by molar-refractivity contribution is 7.99. The number of rotatable bonds is 4. The lowest BCUT2D eigenvalue weighted by atomic mass is 10.2. The minimum Gasteiger partial charge on any atom is -0.490 e. The smallest absolute Gasteiger partial charge is 0.162 e. The van der Waals surface area contributed by atoms with Crippen LogP contribution in [-0.2, 0) is 6.54 Å². The molecule has 1 heterocycles. The van der Waals surface area contributed by atoms with Crippen molar-refractivity contribution in [1.82, 2.24) is 5.32 Å². The van der Waals surface area contributed by atoms with Gasteiger partial charge in [-0.25, -0.2) is 0 Å². The van der Waals surface area contributed by atoms with Crippen molar-refractivity contribution in [3.63, 3.8) is 0 Å². The zero-order chi connectivity index (χ0) is 14.5. The molecule has 0 unspecified atom stereocenters. The Hall–Kier alpha value is -1.65. The molecule has 1 N–H and O–H groups in total. The first kappa shape index (κ1) is 14.3. The first-order chi connectivity index (χ1) is 10.4. The van der Waals surface area contributed by atoms with E-state index in [9.17, 15) is 0 Å². The number of benzene rings is 2. The summed E-state index contributed by atoms with van der Waals surface area (Å²) in [7, 11) is 1.97. The summed E-state index contributed by atoms with van der Waals surface area (Å²) in [6.45, 7) is 2.32. The second kappa shape index (κ2) is 6.87. The van der Waals surface area contributed by atoms with Crippen molar-refractivity contribution < 1.29 is 9.47 Å². The van der Waals surface area contributed by atoms with Gasteiger partial charge in [0, 0.05) is 22.8 Å². The second-order valence-electron chi connectivity index (χ2n) is 4.90. The lowest BCUT2D eigenvalue weighted by Gasteiger charge is -2.11. The first-order valence-corrected chi connectivity index (χ1v) is 7.98. The Balaban J connectivity index is 1.83. The molecule has 3 rings (SSSR count). The van der Waals surface area contributed by atoms with E-state index < -0.39 is 0 Å². The molecule has 2 aromatic rings. The Labute approximate surface area is 129 Å². The summed E-state index contributed by atoms with van der Waals surface area (Å²) in [5.74, 6) is 1.70. The van der Waals surface area contributed by atoms with Crippen LogP contribution < -0.4 is 14.8 Å². The fourth-order valence-corrected chi connectivity index (χ4v) is 3.25. The monoisotopic (exact) mass is 301 g/mol. The highest BCUT2D eigenvalue weighted by atomic mass is 32.2. The number of hydrogen-bond donors (Lipinski definition) is 1. The molecular formula is C17H19NO2S. The predicted molar refractivity (Wildman–Crippen MR) is 85.4 cm³/mol. The maximum absolute atomic E-state index is 5.75. The van der Waals surface area contributed by atoms with Crippen molar-refractivity contribution in [3.8, 4) is 11.5 Å². The molecule has 0 bridgehead atoms. The van der Waals surface area contributed by atoms with E-state index in [1.807, 2.05) is 13.1 Å². The molecule has 110 valence electrons. The molecule has 0 aliphatic carbocycles. The van der Waals surface area contributed by atoms with E-state index in [0.29, 0.717) is 0 Å². The van der Waals surface area contributed by atoms with E-state index in [4.69, 9.17) is 9.47 Å². The molecule has 0 aromatic heterocycles. The third-order valence-corrected chi connectivity index (χ3v) is 4.39. The maximum Gasteiger partial charge on any atom is 0.162 e. The molecule has 0 saturated carbocycles. The van der Waals surface area contributed by atoms with Crippen LogP contribution in [0.4, 0.5) is 0 Å². The predicted octanol–water partition coefficient (Wildman–Crippen LogP) is 3.72. The van der Waals surface area contributed by atoms with Gasteiger partial charge in [-0.15, -0.1) is 0 Å². The van der Waals surface area contributed by atoms with Crippen molar-refractivity contribution >= 4 is 11.8 Å². The van der Waals surface area contributed by atoms with Crippen molar-refractivity contribution in [3.05, 3.63) is 48.0 Å². The highest BCUT2D eigenvalue weighted by Gasteiger charge is 2.12. The van der Waals surface area contributed by atoms with Gasteiger partial charge in [-0.3, -0.25) is 0 Å². The van der Waals surface area contributed by atoms with E-state index in [-0.39, 0.29) is 0 Å². The van der Waals surface area contributed by atoms with Crippen LogP contribution in [-0.4, -0.2) is 20.3 Å². The molecule has 0 atom stereocenters. The zero-order valence-electron chi connectivity index (χ0n) is 12.1. The van der Waals surface area contributed by atoms with Gasteiger partial charge in [0.1, 0.15) is 0 Å². The van der Waals surface area contributed by atoms with Crippen LogP contribution in [0.1, 0.15) is 12.0 Å². The Kier molecular flexibility index (Phi) is 4.68. The van der Waals surface area contributed by atoms with Crippen molar-refractivity contribution in [1.29, 1.82) is 0 Å². The van der Waals surface area contributed by atoms with Gasteiger partial charge in [0.05, 0.1) is 13.2 Å². The average molecular weight is 301 g/mol. The molecule has 3 nitrogen and oxygen atoms in total. The summed E-state index contributed by atoms with van der Waals surface area (Å²) >= 11 is 1.76. The fraction of sp³-hybridized carbons (Fsp3) is 0.294. The summed E-state index contributed by atoms with van der Waals surface area (Å²) in [5.41, 5.74) is 1.30. The van der Waals surface area contributed by atoms with Gasteiger partial charge in [-0.2, -0.15) is 0 Å². The van der Waals surface area contributed by atoms with Gasteiger partial charge in [0.2, 0.25) is 0 Å². The van der Waals surface area contributed by atoms with Gasteiger partial charge < -0.3 is 14.8 Å². The van der Waals surface area contributed by atoms with E-state index in [1.165, 1.54) is 15.4 Å². The summed E-state index contributed by atoms with van der Waals surface area (Å²) in [4.78, 5) is 2.43. The molecule has 21 heavy (non-hydrogen) atoms. The molecule has 0 radical (unpaired) electrons. The van der Waals surface area contributed by atoms with Crippen molar-refractivity contribution in [2.75, 3.05) is 20.3 Å². The van der Waals surface area contributed by atoms with Crippen LogP contribution in [0.3, 0.4) is 0 Å². The van der Waals surface area contributed by atoms with Gasteiger partial charge >= 0.3 is 0 Å². The Bertz CT molecular complexity index is 615. The summed E-state index contributed by atoms with van der Waals surface area (Å²) in [5, 5.41) is 3.21. The number of fused-ring (bicyclic) bond motifs is 1. The van der Waals surface area contributed by atoms with Crippen LogP contribution in [0.2, 0.25) is 0 Å². The fourth-order valence-electron chi connectivity index (χ4n) is 2.27. The standard InChI is InChI=1S/C17H19NO2S/c1-18-12-13-5-2-3-6-17(13)21-14-7-8-15-16(11-14)20-10-4-9-19-15/h2-3,5-8,11,18H,4,9-10,12H2,1H3. The molecule has 1 aliphatic rings. The average Bonchev–Trinajstić information content (AvgIpc) is 2.74. The zero-order valence-corrected chi connectivity index (χ0v) is 12.9. The van der Waals surface area contributed by atoms with Crippen LogP contribution >= 0.6 is 11.8 Å². The van der Waals surface area contributed by atoms with E-state index in [1.54, 1.807) is 11.8 Å². The topological polar surface area (TPSA) is 30.5 Å². The van der Waals surface area contributed by atoms with Gasteiger partial charge in [-0.1, -0.05) is 30.0 Å². The molecule has 2 aromatic carbocycles. The Morgan fingerprint density at radius 3 is 2.71 bits per heavy atom. The summed E-state index contributed by atoms with van der Waals surface area (Å²) in [6, 6.07) is 14.6. The molecule has 0 saturated heterocycles. The SMILES string of the molecule is CNCc1ccccc1Sc1ccc2c(c1)OCCCO2. The van der Waals surface area contributed by atoms with Crippen LogP contribution in [0, 0.1) is 0 Å². The summed E-state index contributed by atoms with van der Waals surface area (Å²) < 4.78 is 11.4. The maximum atomic E-state index is 5.75. The highest BCUT2D eigenvalue weighted by Crippen LogP contribution is 2.37. The van der Waals surface area contributed by atoms with Crippen LogP contribution in [0.15, 0.2) is 52.3 Å². The van der Waals surface area contributed by atoms with Gasteiger partial charge in [-0.05, 0) is 36.9 Å². The summed E-state index contributed by atoms with van der Waals surface area (Å²) in [6.07, 6.45) is 0.933. The Morgan fingerprint density at radius 1 is 1.05 bits per heavy atom. The molecular weight excluding hydrogens is 282 g/mol. The normalized spacial score (nSPS) is 13.8. The quantitative estimate of drug-likeness (QED) is 0.932. The van der Waals surface area contributed by atoms with E-state index in [0.717, 1.165) is 37.7 Å². The second-order valence-corrected chi connectivity index (χ2v) is 6.01. The molecule has 0 fully saturated rings. The minimum absolute atomic E-state index is 0.720. The van der Waals surface area contributed by atoms with Crippen LogP contribution in [0.25, 0.3) is 0 Å². The number of hydrogen-bond acceptors (Lipinski definition) is 4. The van der Waals surface area contributed by atoms with E-state index in [2.05, 4.69) is 41.7 Å². The van der Waals surface area contributed by atoms with Crippen LogP contribution in [0.5, 0.6) is 11.5 Å². The Morgan fingerprint density at radius 2 is 1.86 bits per heavy atom. The number of ether oxygens (including phenoxy) is 2. The largest absolute Gasteiger partial charge is 0.490 e. The number of nitrogens with one attached hydrogen (secondary N) is 1. The minimum atomic E-state index is 0.720. The first-order valence-electron chi connectivity index (χ1n) is 7.17. The molecule has 1 aliphatic heterocycles. The van der Waals surface area contributed by atoms with Crippen molar-refractivity contribution in [2.45, 2.75) is 22.8 Å². The third kappa shape index (κ3) is 3.52. The lowest BCUT2D eigenvalue weighted by Crippen LogP contribution is -2.05. The third-order valence-electron chi connectivity index (χ3n) is 3.29. The van der Waals surface area contributed by atoms with Gasteiger partial charge in [0.25, 0.3) is 0 Å². The lowest BCUT2D eigenvalue weighted by molar-refractivity contribution is 0.297. The van der Waals surface area contributed by atoms with E-state index >= 15 is 0 Å². The van der Waals surface area contributed by atoms with Crippen molar-refractivity contribution in [2.24, 2.45) is 0 Å².